The fourth-order valence-electron chi connectivity index (χ4n) is 2.09. The SMILES string of the molecule is O=C(O)c1cccc2nc(Cc3c(F)cccc3F)oc12. The molecule has 0 fully saturated rings. The van der Waals surface area contributed by atoms with E-state index in [1.165, 1.54) is 18.2 Å². The highest BCUT2D eigenvalue weighted by Gasteiger charge is 2.17. The second-order valence-corrected chi connectivity index (χ2v) is 4.44. The van der Waals surface area contributed by atoms with Gasteiger partial charge in [-0.3, -0.25) is 0 Å². The Labute approximate surface area is 117 Å². The fraction of sp³-hybridized carbons (Fsp3) is 0.0667. The van der Waals surface area contributed by atoms with Crippen molar-refractivity contribution in [2.75, 3.05) is 0 Å². The van der Waals surface area contributed by atoms with E-state index < -0.39 is 17.6 Å². The summed E-state index contributed by atoms with van der Waals surface area (Å²) in [5, 5.41) is 9.06. The highest BCUT2D eigenvalue weighted by Crippen LogP contribution is 2.23. The predicted molar refractivity (Wildman–Crippen MR) is 70.1 cm³/mol. The molecular weight excluding hydrogens is 280 g/mol. The average Bonchev–Trinajstić information content (AvgIpc) is 2.85. The van der Waals surface area contributed by atoms with Gasteiger partial charge >= 0.3 is 5.97 Å². The molecule has 1 N–H and O–H groups in total. The molecule has 0 saturated carbocycles. The van der Waals surface area contributed by atoms with Crippen LogP contribution in [0.1, 0.15) is 21.8 Å². The number of benzene rings is 2. The molecule has 1 aromatic heterocycles. The van der Waals surface area contributed by atoms with Crippen LogP contribution in [0.15, 0.2) is 40.8 Å². The maximum atomic E-state index is 13.6. The summed E-state index contributed by atoms with van der Waals surface area (Å²) in [4.78, 5) is 15.2. The molecule has 1 heterocycles. The number of fused-ring (bicyclic) bond motifs is 1. The van der Waals surface area contributed by atoms with Gasteiger partial charge < -0.3 is 9.52 Å². The maximum absolute atomic E-state index is 13.6. The molecule has 106 valence electrons. The Morgan fingerprint density at radius 2 is 1.81 bits per heavy atom. The van der Waals surface area contributed by atoms with Crippen LogP contribution in [0.2, 0.25) is 0 Å². The van der Waals surface area contributed by atoms with Crippen LogP contribution >= 0.6 is 0 Å². The smallest absolute Gasteiger partial charge is 0.339 e. The van der Waals surface area contributed by atoms with E-state index in [4.69, 9.17) is 9.52 Å². The summed E-state index contributed by atoms with van der Waals surface area (Å²) in [7, 11) is 0. The first kappa shape index (κ1) is 13.2. The number of aromatic carboxylic acids is 1. The molecule has 2 aromatic carbocycles. The fourth-order valence-corrected chi connectivity index (χ4v) is 2.09. The summed E-state index contributed by atoms with van der Waals surface area (Å²) in [5.74, 6) is -2.49. The molecule has 0 saturated heterocycles. The lowest BCUT2D eigenvalue weighted by Crippen LogP contribution is -1.97. The van der Waals surface area contributed by atoms with Crippen molar-refractivity contribution >= 4 is 17.1 Å². The molecule has 0 unspecified atom stereocenters. The summed E-state index contributed by atoms with van der Waals surface area (Å²) in [6, 6.07) is 8.04. The van der Waals surface area contributed by atoms with Crippen molar-refractivity contribution in [3.63, 3.8) is 0 Å². The number of hydrogen-bond acceptors (Lipinski definition) is 3. The molecule has 0 aliphatic heterocycles. The van der Waals surface area contributed by atoms with E-state index >= 15 is 0 Å². The molecule has 0 amide bonds. The van der Waals surface area contributed by atoms with Crippen LogP contribution in [0.25, 0.3) is 11.1 Å². The second-order valence-electron chi connectivity index (χ2n) is 4.44. The number of nitrogens with zero attached hydrogens (tertiary/aromatic N) is 1. The number of carbonyl (C=O) groups is 1. The number of hydrogen-bond donors (Lipinski definition) is 1. The molecule has 0 atom stereocenters. The lowest BCUT2D eigenvalue weighted by molar-refractivity contribution is 0.0698. The van der Waals surface area contributed by atoms with E-state index in [1.807, 2.05) is 0 Å². The molecule has 0 aliphatic rings. The summed E-state index contributed by atoms with van der Waals surface area (Å²) < 4.78 is 32.5. The van der Waals surface area contributed by atoms with Crippen molar-refractivity contribution < 1.29 is 23.1 Å². The van der Waals surface area contributed by atoms with Crippen LogP contribution in [-0.4, -0.2) is 16.1 Å². The lowest BCUT2D eigenvalue weighted by atomic mass is 10.1. The number of para-hydroxylation sites is 1. The summed E-state index contributed by atoms with van der Waals surface area (Å²) >= 11 is 0. The van der Waals surface area contributed by atoms with E-state index in [1.54, 1.807) is 6.07 Å². The average molecular weight is 289 g/mol. The van der Waals surface area contributed by atoms with Crippen LogP contribution in [0.5, 0.6) is 0 Å². The maximum Gasteiger partial charge on any atom is 0.339 e. The Balaban J connectivity index is 2.06. The summed E-state index contributed by atoms with van der Waals surface area (Å²) in [5.41, 5.74) is 0.222. The van der Waals surface area contributed by atoms with E-state index in [-0.39, 0.29) is 29.0 Å². The van der Waals surface area contributed by atoms with E-state index in [0.717, 1.165) is 12.1 Å². The monoisotopic (exact) mass is 289 g/mol. The van der Waals surface area contributed by atoms with E-state index in [9.17, 15) is 13.6 Å². The van der Waals surface area contributed by atoms with Gasteiger partial charge in [-0.25, -0.2) is 18.6 Å². The van der Waals surface area contributed by atoms with Gasteiger partial charge in [-0.1, -0.05) is 12.1 Å². The minimum absolute atomic E-state index is 0.0414. The molecule has 0 bridgehead atoms. The molecule has 3 aromatic rings. The second kappa shape index (κ2) is 4.97. The van der Waals surface area contributed by atoms with Crippen LogP contribution < -0.4 is 0 Å². The van der Waals surface area contributed by atoms with E-state index in [0.29, 0.717) is 5.52 Å². The Morgan fingerprint density at radius 1 is 1.14 bits per heavy atom. The van der Waals surface area contributed by atoms with Crippen LogP contribution in [0.3, 0.4) is 0 Å². The first-order valence-corrected chi connectivity index (χ1v) is 6.11. The Kier molecular flexibility index (Phi) is 3.13. The van der Waals surface area contributed by atoms with Gasteiger partial charge in [-0.05, 0) is 24.3 Å². The largest absolute Gasteiger partial charge is 0.478 e. The third-order valence-electron chi connectivity index (χ3n) is 3.08. The number of carboxylic acids is 1. The zero-order chi connectivity index (χ0) is 15.0. The molecule has 6 heteroatoms. The first-order chi connectivity index (χ1) is 10.1. The van der Waals surface area contributed by atoms with Gasteiger partial charge in [-0.15, -0.1) is 0 Å². The first-order valence-electron chi connectivity index (χ1n) is 6.11. The number of halogens is 2. The number of rotatable bonds is 3. The Hall–Kier alpha value is -2.76. The molecule has 4 nitrogen and oxygen atoms in total. The third-order valence-corrected chi connectivity index (χ3v) is 3.08. The minimum Gasteiger partial charge on any atom is -0.478 e. The minimum atomic E-state index is -1.15. The van der Waals surface area contributed by atoms with Gasteiger partial charge in [0.15, 0.2) is 11.5 Å². The van der Waals surface area contributed by atoms with Crippen molar-refractivity contribution in [1.29, 1.82) is 0 Å². The van der Waals surface area contributed by atoms with Gasteiger partial charge in [0, 0.05) is 5.56 Å². The van der Waals surface area contributed by atoms with Crippen LogP contribution in [0, 0.1) is 11.6 Å². The molecule has 0 radical (unpaired) electrons. The van der Waals surface area contributed by atoms with Crippen molar-refractivity contribution in [2.45, 2.75) is 6.42 Å². The summed E-state index contributed by atoms with van der Waals surface area (Å²) in [6.45, 7) is 0. The van der Waals surface area contributed by atoms with Gasteiger partial charge in [0.25, 0.3) is 0 Å². The lowest BCUT2D eigenvalue weighted by Gasteiger charge is -2.01. The standard InChI is InChI=1S/C15H9F2NO3/c16-10-4-2-5-11(17)9(10)7-13-18-12-6-1-3-8(15(19)20)14(12)21-13/h1-6H,7H2,(H,19,20). The molecule has 0 spiro atoms. The Morgan fingerprint density at radius 3 is 2.48 bits per heavy atom. The van der Waals surface area contributed by atoms with Crippen LogP contribution in [-0.2, 0) is 6.42 Å². The highest BCUT2D eigenvalue weighted by molar-refractivity contribution is 5.99. The number of carboxylic acid groups (broad SMARTS) is 1. The zero-order valence-electron chi connectivity index (χ0n) is 10.6. The Bertz CT molecular complexity index is 822. The third kappa shape index (κ3) is 2.35. The van der Waals surface area contributed by atoms with Gasteiger partial charge in [0.1, 0.15) is 22.7 Å². The summed E-state index contributed by atoms with van der Waals surface area (Å²) in [6.07, 6.45) is -0.188. The predicted octanol–water partition coefficient (Wildman–Crippen LogP) is 3.40. The number of aromatic nitrogens is 1. The zero-order valence-corrected chi connectivity index (χ0v) is 10.6. The van der Waals surface area contributed by atoms with Crippen molar-refractivity contribution in [2.24, 2.45) is 0 Å². The quantitative estimate of drug-likeness (QED) is 0.802. The molecule has 0 aliphatic carbocycles. The molecule has 21 heavy (non-hydrogen) atoms. The number of oxazole rings is 1. The van der Waals surface area contributed by atoms with Gasteiger partial charge in [-0.2, -0.15) is 0 Å². The van der Waals surface area contributed by atoms with Crippen molar-refractivity contribution in [3.05, 3.63) is 65.1 Å². The normalized spacial score (nSPS) is 11.0. The van der Waals surface area contributed by atoms with Crippen molar-refractivity contribution in [1.82, 2.24) is 4.98 Å². The van der Waals surface area contributed by atoms with Crippen molar-refractivity contribution in [3.8, 4) is 0 Å². The van der Waals surface area contributed by atoms with Crippen LogP contribution in [0.4, 0.5) is 8.78 Å². The highest BCUT2D eigenvalue weighted by atomic mass is 19.1. The topological polar surface area (TPSA) is 63.3 Å². The molecular formula is C15H9F2NO3. The van der Waals surface area contributed by atoms with Gasteiger partial charge in [0.05, 0.1) is 6.42 Å². The van der Waals surface area contributed by atoms with Gasteiger partial charge in [0.2, 0.25) is 0 Å². The van der Waals surface area contributed by atoms with E-state index in [2.05, 4.69) is 4.98 Å². The molecule has 3 rings (SSSR count).